The number of rotatable bonds is 7. The van der Waals surface area contributed by atoms with Crippen LogP contribution in [0.5, 0.6) is 0 Å². The molecule has 1 saturated heterocycles. The number of H-pyrrole nitrogens is 1. The van der Waals surface area contributed by atoms with Crippen LogP contribution in [-0.2, 0) is 27.6 Å². The summed E-state index contributed by atoms with van der Waals surface area (Å²) in [6, 6.07) is 21.5. The number of benzene rings is 3. The maximum atomic E-state index is 13.5. The zero-order valence-electron chi connectivity index (χ0n) is 23.3. The molecule has 1 fully saturated rings. The highest BCUT2D eigenvalue weighted by molar-refractivity contribution is 7.94. The van der Waals surface area contributed by atoms with E-state index in [0.29, 0.717) is 51.9 Å². The molecule has 0 unspecified atom stereocenters. The molecular formula is C32H27F3N4O3S2. The van der Waals surface area contributed by atoms with Crippen LogP contribution in [0.3, 0.4) is 0 Å². The molecule has 6 aromatic rings. The fourth-order valence-electron chi connectivity index (χ4n) is 5.41. The third-order valence-corrected chi connectivity index (χ3v) is 11.0. The first-order valence-electron chi connectivity index (χ1n) is 13.7. The van der Waals surface area contributed by atoms with Crippen LogP contribution in [0.2, 0.25) is 0 Å². The van der Waals surface area contributed by atoms with Crippen molar-refractivity contribution in [1.29, 1.82) is 0 Å². The number of halogens is 3. The molecule has 0 amide bonds. The van der Waals surface area contributed by atoms with Crippen LogP contribution in [0.15, 0.2) is 94.6 Å². The molecule has 4 heterocycles. The Morgan fingerprint density at radius 1 is 1.05 bits per heavy atom. The molecule has 1 N–H and O–H groups in total. The maximum Gasteiger partial charge on any atom is 0.416 e. The van der Waals surface area contributed by atoms with Gasteiger partial charge in [0.1, 0.15) is 9.86 Å². The molecule has 1 aliphatic heterocycles. The number of hydrogen-bond donors (Lipinski definition) is 1. The zero-order valence-corrected chi connectivity index (χ0v) is 24.9. The normalized spacial score (nSPS) is 14.3. The predicted octanol–water partition coefficient (Wildman–Crippen LogP) is 7.95. The van der Waals surface area contributed by atoms with E-state index in [2.05, 4.69) is 4.98 Å². The SMILES string of the molecule is CN(c1ccc2[nH]c3ncc(-c4ccc(CN5CCO5)cc4)c(-c4ccc(C(F)(F)F)cc4)c3c2c1)S(=O)(=O)c1cccs1.[HH]. The van der Waals surface area contributed by atoms with Crippen molar-refractivity contribution in [3.63, 3.8) is 0 Å². The third-order valence-electron chi connectivity index (χ3n) is 7.82. The zero-order chi connectivity index (χ0) is 30.6. The van der Waals surface area contributed by atoms with Gasteiger partial charge < -0.3 is 4.98 Å². The van der Waals surface area contributed by atoms with Crippen LogP contribution < -0.4 is 4.31 Å². The first kappa shape index (κ1) is 28.5. The fraction of sp³-hybridized carbons (Fsp3) is 0.156. The first-order valence-corrected chi connectivity index (χ1v) is 16.0. The lowest BCUT2D eigenvalue weighted by Gasteiger charge is -2.29. The van der Waals surface area contributed by atoms with E-state index in [4.69, 9.17) is 9.82 Å². The number of hydrogen-bond acceptors (Lipinski definition) is 6. The van der Waals surface area contributed by atoms with Gasteiger partial charge in [-0.2, -0.15) is 18.2 Å². The van der Waals surface area contributed by atoms with Crippen molar-refractivity contribution in [2.24, 2.45) is 0 Å². The number of pyridine rings is 1. The van der Waals surface area contributed by atoms with E-state index in [-0.39, 0.29) is 5.64 Å². The third kappa shape index (κ3) is 5.03. The maximum absolute atomic E-state index is 13.5. The second-order valence-electron chi connectivity index (χ2n) is 10.5. The fourth-order valence-corrected chi connectivity index (χ4v) is 7.76. The van der Waals surface area contributed by atoms with Gasteiger partial charge in [0, 0.05) is 55.2 Å². The molecule has 0 radical (unpaired) electrons. The number of alkyl halides is 3. The number of nitrogens with zero attached hydrogens (tertiary/aromatic N) is 3. The summed E-state index contributed by atoms with van der Waals surface area (Å²) in [5.74, 6) is 0. The van der Waals surface area contributed by atoms with Crippen LogP contribution in [0, 0.1) is 0 Å². The number of anilines is 1. The average molecular weight is 637 g/mol. The van der Waals surface area contributed by atoms with Crippen LogP contribution in [0.1, 0.15) is 12.6 Å². The molecule has 3 aromatic heterocycles. The molecule has 12 heteroatoms. The van der Waals surface area contributed by atoms with Gasteiger partial charge in [-0.25, -0.2) is 13.4 Å². The second-order valence-corrected chi connectivity index (χ2v) is 13.6. The van der Waals surface area contributed by atoms with E-state index in [1.807, 2.05) is 29.3 Å². The Kier molecular flexibility index (Phi) is 6.96. The van der Waals surface area contributed by atoms with Gasteiger partial charge in [0.25, 0.3) is 10.0 Å². The Hall–Kier alpha value is -4.23. The van der Waals surface area contributed by atoms with Crippen molar-refractivity contribution < 1.29 is 27.9 Å². The highest BCUT2D eigenvalue weighted by Crippen LogP contribution is 2.42. The Labute approximate surface area is 256 Å². The van der Waals surface area contributed by atoms with Crippen LogP contribution in [0.25, 0.3) is 44.2 Å². The first-order chi connectivity index (χ1) is 21.1. The van der Waals surface area contributed by atoms with E-state index < -0.39 is 21.8 Å². The number of aromatic nitrogens is 2. The van der Waals surface area contributed by atoms with Gasteiger partial charge in [0.15, 0.2) is 0 Å². The number of fused-ring (bicyclic) bond motifs is 3. The monoisotopic (exact) mass is 636 g/mol. The van der Waals surface area contributed by atoms with E-state index >= 15 is 0 Å². The topological polar surface area (TPSA) is 78.5 Å². The highest BCUT2D eigenvalue weighted by atomic mass is 32.2. The van der Waals surface area contributed by atoms with Crippen molar-refractivity contribution in [3.8, 4) is 22.3 Å². The van der Waals surface area contributed by atoms with E-state index in [9.17, 15) is 21.6 Å². The molecule has 0 spiro atoms. The van der Waals surface area contributed by atoms with Crippen molar-refractivity contribution in [3.05, 3.63) is 102 Å². The lowest BCUT2D eigenvalue weighted by atomic mass is 9.92. The van der Waals surface area contributed by atoms with Gasteiger partial charge in [-0.05, 0) is 58.5 Å². The van der Waals surface area contributed by atoms with Gasteiger partial charge >= 0.3 is 6.18 Å². The molecule has 1 aliphatic rings. The Morgan fingerprint density at radius 2 is 1.77 bits per heavy atom. The van der Waals surface area contributed by atoms with Gasteiger partial charge in [0.2, 0.25) is 0 Å². The summed E-state index contributed by atoms with van der Waals surface area (Å²) in [6.07, 6.45) is -2.76. The Balaban J connectivity index is 0.00000357. The number of sulfonamides is 1. The van der Waals surface area contributed by atoms with Gasteiger partial charge in [-0.1, -0.05) is 42.5 Å². The molecule has 226 valence electrons. The van der Waals surface area contributed by atoms with Crippen molar-refractivity contribution in [2.45, 2.75) is 16.9 Å². The lowest BCUT2D eigenvalue weighted by molar-refractivity contribution is -0.253. The van der Waals surface area contributed by atoms with Crippen LogP contribution in [-0.4, -0.2) is 43.6 Å². The second kappa shape index (κ2) is 10.7. The van der Waals surface area contributed by atoms with Gasteiger partial charge in [-0.15, -0.1) is 11.3 Å². The molecule has 0 atom stereocenters. The molecule has 0 bridgehead atoms. The summed E-state index contributed by atoms with van der Waals surface area (Å²) in [4.78, 5) is 13.4. The number of nitrogens with one attached hydrogen (secondary N) is 1. The summed E-state index contributed by atoms with van der Waals surface area (Å²) in [7, 11) is -2.29. The van der Waals surface area contributed by atoms with Crippen LogP contribution >= 0.6 is 11.3 Å². The number of thiophene rings is 1. The smallest absolute Gasteiger partial charge is 0.339 e. The largest absolute Gasteiger partial charge is 0.416 e. The van der Waals surface area contributed by atoms with Crippen LogP contribution in [0.4, 0.5) is 18.9 Å². The summed E-state index contributed by atoms with van der Waals surface area (Å²) in [5, 5.41) is 4.95. The van der Waals surface area contributed by atoms with Gasteiger partial charge in [-0.3, -0.25) is 9.14 Å². The standard InChI is InChI=1S/C32H25F3N4O3S2.H2/c1-38(44(40,41)28-3-2-16-43-28)24-12-13-27-25(17-24)30-29(22-8-10-23(11-9-22)32(33,34)35)26(18-36-31(30)37-27)21-6-4-20(5-7-21)19-39-14-15-42-39;/h2-13,16-18H,14-15,19H2,1H3,(H,36,37);1H. The summed E-state index contributed by atoms with van der Waals surface area (Å²) >= 11 is 1.14. The lowest BCUT2D eigenvalue weighted by Crippen LogP contribution is -2.38. The number of hydroxylamine groups is 2. The summed E-state index contributed by atoms with van der Waals surface area (Å²) < 4.78 is 68.5. The van der Waals surface area contributed by atoms with E-state index in [1.165, 1.54) is 23.5 Å². The molecule has 7 rings (SSSR count). The average Bonchev–Trinajstić information content (AvgIpc) is 3.67. The highest BCUT2D eigenvalue weighted by Gasteiger charge is 2.30. The minimum atomic E-state index is -4.47. The molecule has 0 aliphatic carbocycles. The Morgan fingerprint density at radius 3 is 2.41 bits per heavy atom. The quantitative estimate of drug-likeness (QED) is 0.193. The summed E-state index contributed by atoms with van der Waals surface area (Å²) in [6.45, 7) is 2.23. The van der Waals surface area contributed by atoms with E-state index in [1.54, 1.807) is 41.9 Å². The number of aromatic amines is 1. The van der Waals surface area contributed by atoms with Crippen molar-refractivity contribution in [1.82, 2.24) is 15.0 Å². The van der Waals surface area contributed by atoms with Crippen molar-refractivity contribution in [2.75, 3.05) is 24.5 Å². The predicted molar refractivity (Wildman–Crippen MR) is 168 cm³/mol. The van der Waals surface area contributed by atoms with E-state index in [0.717, 1.165) is 46.7 Å². The minimum Gasteiger partial charge on any atom is -0.339 e. The molecule has 0 saturated carbocycles. The molecule has 44 heavy (non-hydrogen) atoms. The molecular weight excluding hydrogens is 610 g/mol. The van der Waals surface area contributed by atoms with Gasteiger partial charge in [0.05, 0.1) is 17.9 Å². The van der Waals surface area contributed by atoms with Crippen molar-refractivity contribution >= 4 is 49.0 Å². The molecule has 3 aromatic carbocycles. The molecule has 7 nitrogen and oxygen atoms in total. The Bertz CT molecular complexity index is 2100. The summed E-state index contributed by atoms with van der Waals surface area (Å²) in [5.41, 5.74) is 4.84. The minimum absolute atomic E-state index is 0.